The fraction of sp³-hybridized carbons (Fsp3) is 0.538. The number of benzene rings is 1. The first kappa shape index (κ1) is 13.5. The van der Waals surface area contributed by atoms with E-state index in [1.54, 1.807) is 17.8 Å². The van der Waals surface area contributed by atoms with Gasteiger partial charge in [0, 0.05) is 10.9 Å². The minimum absolute atomic E-state index is 0.114. The van der Waals surface area contributed by atoms with Gasteiger partial charge < -0.3 is 5.73 Å². The molecule has 0 aromatic heterocycles. The van der Waals surface area contributed by atoms with Crippen LogP contribution in [-0.2, 0) is 0 Å². The number of hydrogen-bond donors (Lipinski definition) is 1. The average molecular weight is 241 g/mol. The quantitative estimate of drug-likeness (QED) is 0.789. The van der Waals surface area contributed by atoms with Crippen LogP contribution in [-0.4, -0.2) is 5.75 Å². The molecule has 0 aliphatic heterocycles. The second kappa shape index (κ2) is 6.26. The van der Waals surface area contributed by atoms with Crippen LogP contribution in [0, 0.1) is 11.7 Å². The first-order chi connectivity index (χ1) is 7.52. The van der Waals surface area contributed by atoms with Crippen LogP contribution in [0.1, 0.15) is 38.8 Å². The van der Waals surface area contributed by atoms with Crippen LogP contribution in [0.3, 0.4) is 0 Å². The maximum Gasteiger partial charge on any atom is 0.137 e. The fourth-order valence-electron chi connectivity index (χ4n) is 1.43. The zero-order valence-corrected chi connectivity index (χ0v) is 11.0. The van der Waals surface area contributed by atoms with Gasteiger partial charge in [0.05, 0.1) is 0 Å². The Labute approximate surface area is 102 Å². The Morgan fingerprint density at radius 3 is 2.56 bits per heavy atom. The molecule has 90 valence electrons. The highest BCUT2D eigenvalue weighted by molar-refractivity contribution is 7.99. The van der Waals surface area contributed by atoms with Crippen LogP contribution >= 0.6 is 11.8 Å². The molecule has 0 saturated carbocycles. The van der Waals surface area contributed by atoms with Crippen LogP contribution in [0.5, 0.6) is 0 Å². The molecule has 0 saturated heterocycles. The first-order valence-electron chi connectivity index (χ1n) is 5.69. The summed E-state index contributed by atoms with van der Waals surface area (Å²) in [6.45, 7) is 6.24. The second-order valence-electron chi connectivity index (χ2n) is 4.48. The molecule has 1 aromatic carbocycles. The summed E-state index contributed by atoms with van der Waals surface area (Å²) in [6, 6.07) is 5.02. The molecule has 1 atom stereocenters. The molecule has 0 radical (unpaired) electrons. The summed E-state index contributed by atoms with van der Waals surface area (Å²) in [4.78, 5) is 0.721. The van der Waals surface area contributed by atoms with E-state index in [1.165, 1.54) is 6.07 Å². The fourth-order valence-corrected chi connectivity index (χ4v) is 2.85. The second-order valence-corrected chi connectivity index (χ2v) is 5.58. The summed E-state index contributed by atoms with van der Waals surface area (Å²) >= 11 is 1.58. The summed E-state index contributed by atoms with van der Waals surface area (Å²) in [5, 5.41) is 0. The lowest BCUT2D eigenvalue weighted by Crippen LogP contribution is -2.07. The summed E-state index contributed by atoms with van der Waals surface area (Å²) in [5.41, 5.74) is 6.75. The van der Waals surface area contributed by atoms with E-state index < -0.39 is 0 Å². The van der Waals surface area contributed by atoms with Gasteiger partial charge in [-0.3, -0.25) is 0 Å². The van der Waals surface area contributed by atoms with Gasteiger partial charge in [-0.2, -0.15) is 0 Å². The summed E-state index contributed by atoms with van der Waals surface area (Å²) in [6.07, 6.45) is 1.09. The third-order valence-corrected chi connectivity index (χ3v) is 3.59. The third-order valence-electron chi connectivity index (χ3n) is 2.43. The monoisotopic (exact) mass is 241 g/mol. The molecule has 0 unspecified atom stereocenters. The molecule has 0 amide bonds. The van der Waals surface area contributed by atoms with Gasteiger partial charge in [0.15, 0.2) is 0 Å². The SMILES string of the molecule is CC(C)CCSc1c(F)cccc1[C@@H](C)N. The molecule has 1 rings (SSSR count). The topological polar surface area (TPSA) is 26.0 Å². The van der Waals surface area contributed by atoms with Gasteiger partial charge in [-0.25, -0.2) is 4.39 Å². The molecule has 0 aliphatic rings. The van der Waals surface area contributed by atoms with Crippen LogP contribution in [0.2, 0.25) is 0 Å². The Morgan fingerprint density at radius 1 is 1.31 bits per heavy atom. The lowest BCUT2D eigenvalue weighted by molar-refractivity contribution is 0.590. The van der Waals surface area contributed by atoms with Crippen molar-refractivity contribution in [2.24, 2.45) is 11.7 Å². The molecule has 0 bridgehead atoms. The zero-order chi connectivity index (χ0) is 12.1. The van der Waals surface area contributed by atoms with E-state index in [-0.39, 0.29) is 11.9 Å². The number of halogens is 1. The van der Waals surface area contributed by atoms with Gasteiger partial charge in [-0.1, -0.05) is 26.0 Å². The Bertz CT molecular complexity index is 337. The van der Waals surface area contributed by atoms with Crippen LogP contribution in [0.15, 0.2) is 23.1 Å². The van der Waals surface area contributed by atoms with Gasteiger partial charge in [-0.15, -0.1) is 11.8 Å². The largest absolute Gasteiger partial charge is 0.324 e. The standard InChI is InChI=1S/C13H20FNS/c1-9(2)7-8-16-13-11(10(3)15)5-4-6-12(13)14/h4-6,9-10H,7-8,15H2,1-3H3/t10-/m1/s1. The van der Waals surface area contributed by atoms with E-state index in [0.717, 1.165) is 22.6 Å². The highest BCUT2D eigenvalue weighted by Gasteiger charge is 2.11. The normalized spacial score (nSPS) is 13.1. The van der Waals surface area contributed by atoms with E-state index in [2.05, 4.69) is 13.8 Å². The molecular weight excluding hydrogens is 221 g/mol. The molecule has 0 aliphatic carbocycles. The van der Waals surface area contributed by atoms with E-state index in [9.17, 15) is 4.39 Å². The number of hydrogen-bond acceptors (Lipinski definition) is 2. The smallest absolute Gasteiger partial charge is 0.137 e. The van der Waals surface area contributed by atoms with Gasteiger partial charge in [0.2, 0.25) is 0 Å². The number of thioether (sulfide) groups is 1. The lowest BCUT2D eigenvalue weighted by atomic mass is 10.1. The van der Waals surface area contributed by atoms with Crippen molar-refractivity contribution in [2.45, 2.75) is 38.1 Å². The zero-order valence-electron chi connectivity index (χ0n) is 10.2. The van der Waals surface area contributed by atoms with Gasteiger partial charge >= 0.3 is 0 Å². The molecule has 0 spiro atoms. The molecule has 0 heterocycles. The molecular formula is C13H20FNS. The molecule has 1 aromatic rings. The minimum Gasteiger partial charge on any atom is -0.324 e. The van der Waals surface area contributed by atoms with Crippen LogP contribution in [0.4, 0.5) is 4.39 Å². The van der Waals surface area contributed by atoms with E-state index >= 15 is 0 Å². The van der Waals surface area contributed by atoms with Crippen molar-refractivity contribution in [3.63, 3.8) is 0 Å². The van der Waals surface area contributed by atoms with Crippen LogP contribution in [0.25, 0.3) is 0 Å². The lowest BCUT2D eigenvalue weighted by Gasteiger charge is -2.13. The summed E-state index contributed by atoms with van der Waals surface area (Å²) in [7, 11) is 0. The number of nitrogens with two attached hydrogens (primary N) is 1. The maximum absolute atomic E-state index is 13.7. The highest BCUT2D eigenvalue weighted by atomic mass is 32.2. The predicted molar refractivity (Wildman–Crippen MR) is 69.2 cm³/mol. The van der Waals surface area contributed by atoms with Crippen molar-refractivity contribution in [3.8, 4) is 0 Å². The minimum atomic E-state index is -0.149. The molecule has 3 heteroatoms. The average Bonchev–Trinajstić information content (AvgIpc) is 2.19. The Kier molecular flexibility index (Phi) is 5.29. The number of rotatable bonds is 5. The predicted octanol–water partition coefficient (Wildman–Crippen LogP) is 3.98. The van der Waals surface area contributed by atoms with Crippen molar-refractivity contribution in [3.05, 3.63) is 29.6 Å². The molecule has 0 fully saturated rings. The summed E-state index contributed by atoms with van der Waals surface area (Å²) < 4.78 is 13.7. The first-order valence-corrected chi connectivity index (χ1v) is 6.67. The van der Waals surface area contributed by atoms with Crippen molar-refractivity contribution in [1.82, 2.24) is 0 Å². The third kappa shape index (κ3) is 3.80. The van der Waals surface area contributed by atoms with Crippen molar-refractivity contribution in [1.29, 1.82) is 0 Å². The molecule has 1 nitrogen and oxygen atoms in total. The maximum atomic E-state index is 13.7. The summed E-state index contributed by atoms with van der Waals surface area (Å²) in [5.74, 6) is 1.44. The molecule has 16 heavy (non-hydrogen) atoms. The highest BCUT2D eigenvalue weighted by Crippen LogP contribution is 2.30. The van der Waals surface area contributed by atoms with Crippen molar-refractivity contribution in [2.75, 3.05) is 5.75 Å². The molecule has 2 N–H and O–H groups in total. The van der Waals surface area contributed by atoms with E-state index in [0.29, 0.717) is 5.92 Å². The Morgan fingerprint density at radius 2 is 2.00 bits per heavy atom. The Hall–Kier alpha value is -0.540. The van der Waals surface area contributed by atoms with Crippen molar-refractivity contribution < 1.29 is 4.39 Å². The van der Waals surface area contributed by atoms with Gasteiger partial charge in [0.25, 0.3) is 0 Å². The van der Waals surface area contributed by atoms with Gasteiger partial charge in [0.1, 0.15) is 5.82 Å². The van der Waals surface area contributed by atoms with Crippen LogP contribution < -0.4 is 5.73 Å². The van der Waals surface area contributed by atoms with Crippen molar-refractivity contribution >= 4 is 11.8 Å². The van der Waals surface area contributed by atoms with E-state index in [4.69, 9.17) is 5.73 Å². The van der Waals surface area contributed by atoms with E-state index in [1.807, 2.05) is 13.0 Å². The Balaban J connectivity index is 2.76. The van der Waals surface area contributed by atoms with Gasteiger partial charge in [-0.05, 0) is 36.6 Å².